The second-order valence-electron chi connectivity index (χ2n) is 11.2. The van der Waals surface area contributed by atoms with E-state index in [9.17, 15) is 4.79 Å². The minimum absolute atomic E-state index is 0.136. The summed E-state index contributed by atoms with van der Waals surface area (Å²) in [4.78, 5) is 17.0. The highest BCUT2D eigenvalue weighted by molar-refractivity contribution is 5.83. The molecule has 1 saturated carbocycles. The largest absolute Gasteiger partial charge is 0.491 e. The van der Waals surface area contributed by atoms with Crippen molar-refractivity contribution >= 4 is 28.6 Å². The van der Waals surface area contributed by atoms with Crippen LogP contribution in [0.1, 0.15) is 71.0 Å². The first-order valence-electron chi connectivity index (χ1n) is 12.7. The molecule has 0 amide bonds. The number of nitrogens with zero attached hydrogens (tertiary/aromatic N) is 2. The number of ether oxygens (including phenoxy) is 2. The lowest BCUT2D eigenvalue weighted by Gasteiger charge is -2.40. The summed E-state index contributed by atoms with van der Waals surface area (Å²) in [6.07, 6.45) is 3.84. The van der Waals surface area contributed by atoms with Gasteiger partial charge in [-0.2, -0.15) is 0 Å². The standard InChI is InChI=1S/C29H39N3O3/c1-18(2)35-24-10-8-22(9-11-24)30-28-31-25-14-21(15-27(33)34-7)20(4)13-26(25)32(28)23-12-19(3)16-29(5,6)17-23/h8-11,13-14,18-19,23H,12,15-17H2,1-7H3,(H,30,31)/t19-,23+/m0/s1. The topological polar surface area (TPSA) is 65.4 Å². The number of carbonyl (C=O) groups excluding carboxylic acids is 1. The Bertz CT molecular complexity index is 1190. The van der Waals surface area contributed by atoms with Gasteiger partial charge in [-0.1, -0.05) is 20.8 Å². The van der Waals surface area contributed by atoms with Crippen LogP contribution in [0.15, 0.2) is 36.4 Å². The molecule has 2 aromatic carbocycles. The molecule has 1 heterocycles. The van der Waals surface area contributed by atoms with Crippen LogP contribution in [0, 0.1) is 18.3 Å². The number of carbonyl (C=O) groups is 1. The van der Waals surface area contributed by atoms with Gasteiger partial charge in [0, 0.05) is 11.7 Å². The molecule has 188 valence electrons. The number of methoxy groups -OCH3 is 1. The molecule has 1 N–H and O–H groups in total. The lowest BCUT2D eigenvalue weighted by atomic mass is 9.70. The SMILES string of the molecule is COC(=O)Cc1cc2nc(Nc3ccc(OC(C)C)cc3)n([C@@H]3C[C@H](C)CC(C)(C)C3)c2cc1C. The number of hydrogen-bond acceptors (Lipinski definition) is 5. The Morgan fingerprint density at radius 2 is 1.91 bits per heavy atom. The number of aromatic nitrogens is 2. The molecule has 6 nitrogen and oxygen atoms in total. The highest BCUT2D eigenvalue weighted by Crippen LogP contribution is 2.46. The second-order valence-corrected chi connectivity index (χ2v) is 11.2. The summed E-state index contributed by atoms with van der Waals surface area (Å²) in [6.45, 7) is 13.2. The van der Waals surface area contributed by atoms with E-state index in [0.29, 0.717) is 12.0 Å². The van der Waals surface area contributed by atoms with Crippen LogP contribution in [-0.2, 0) is 16.0 Å². The van der Waals surface area contributed by atoms with Crippen molar-refractivity contribution in [1.29, 1.82) is 0 Å². The van der Waals surface area contributed by atoms with Crippen LogP contribution in [0.2, 0.25) is 0 Å². The van der Waals surface area contributed by atoms with Gasteiger partial charge in [0.1, 0.15) is 5.75 Å². The van der Waals surface area contributed by atoms with E-state index in [4.69, 9.17) is 14.5 Å². The maximum absolute atomic E-state index is 12.0. The Labute approximate surface area is 209 Å². The van der Waals surface area contributed by atoms with Crippen molar-refractivity contribution in [3.05, 3.63) is 47.5 Å². The van der Waals surface area contributed by atoms with Crippen molar-refractivity contribution in [2.45, 2.75) is 79.4 Å². The zero-order valence-corrected chi connectivity index (χ0v) is 22.1. The van der Waals surface area contributed by atoms with Crippen LogP contribution in [0.25, 0.3) is 11.0 Å². The molecular weight excluding hydrogens is 438 g/mol. The quantitative estimate of drug-likeness (QED) is 0.372. The average Bonchev–Trinajstić information content (AvgIpc) is 3.10. The van der Waals surface area contributed by atoms with Gasteiger partial charge in [0.2, 0.25) is 5.95 Å². The molecule has 1 fully saturated rings. The Kier molecular flexibility index (Phi) is 7.11. The summed E-state index contributed by atoms with van der Waals surface area (Å²) < 4.78 is 13.1. The van der Waals surface area contributed by atoms with E-state index in [1.54, 1.807) is 0 Å². The third kappa shape index (κ3) is 5.80. The molecule has 6 heteroatoms. The first-order chi connectivity index (χ1) is 16.5. The molecule has 0 saturated heterocycles. The number of fused-ring (bicyclic) bond motifs is 1. The molecule has 0 radical (unpaired) electrons. The molecule has 1 aromatic heterocycles. The van der Waals surface area contributed by atoms with Crippen LogP contribution < -0.4 is 10.1 Å². The smallest absolute Gasteiger partial charge is 0.309 e. The van der Waals surface area contributed by atoms with E-state index in [1.165, 1.54) is 13.5 Å². The number of benzene rings is 2. The minimum atomic E-state index is -0.239. The normalized spacial score (nSPS) is 19.7. The fraction of sp³-hybridized carbons (Fsp3) is 0.517. The maximum Gasteiger partial charge on any atom is 0.309 e. The zero-order chi connectivity index (χ0) is 25.3. The van der Waals surface area contributed by atoms with Crippen molar-refractivity contribution in [1.82, 2.24) is 9.55 Å². The molecule has 4 rings (SSSR count). The molecule has 0 bridgehead atoms. The van der Waals surface area contributed by atoms with Crippen molar-refractivity contribution in [3.63, 3.8) is 0 Å². The van der Waals surface area contributed by atoms with E-state index in [2.05, 4.69) is 43.6 Å². The van der Waals surface area contributed by atoms with E-state index in [0.717, 1.165) is 52.4 Å². The first kappa shape index (κ1) is 25.1. The summed E-state index contributed by atoms with van der Waals surface area (Å²) in [5.74, 6) is 2.09. The predicted octanol–water partition coefficient (Wildman–Crippen LogP) is 6.98. The highest BCUT2D eigenvalue weighted by Gasteiger charge is 2.34. The third-order valence-corrected chi connectivity index (χ3v) is 6.92. The van der Waals surface area contributed by atoms with E-state index in [1.807, 2.05) is 44.2 Å². The summed E-state index contributed by atoms with van der Waals surface area (Å²) >= 11 is 0. The number of anilines is 2. The molecule has 2 atom stereocenters. The Balaban J connectivity index is 1.76. The Morgan fingerprint density at radius 3 is 2.54 bits per heavy atom. The van der Waals surface area contributed by atoms with Crippen molar-refractivity contribution in [2.75, 3.05) is 12.4 Å². The lowest BCUT2D eigenvalue weighted by molar-refractivity contribution is -0.139. The summed E-state index contributed by atoms with van der Waals surface area (Å²) in [5.41, 5.74) is 5.27. The van der Waals surface area contributed by atoms with Crippen LogP contribution in [-0.4, -0.2) is 28.7 Å². The van der Waals surface area contributed by atoms with Gasteiger partial charge in [-0.3, -0.25) is 4.79 Å². The van der Waals surface area contributed by atoms with Gasteiger partial charge in [0.25, 0.3) is 0 Å². The number of imidazole rings is 1. The van der Waals surface area contributed by atoms with Gasteiger partial charge in [0.15, 0.2) is 0 Å². The van der Waals surface area contributed by atoms with Crippen LogP contribution >= 0.6 is 0 Å². The average molecular weight is 478 g/mol. The molecule has 1 aliphatic rings. The Morgan fingerprint density at radius 1 is 1.20 bits per heavy atom. The number of hydrogen-bond donors (Lipinski definition) is 1. The molecule has 0 spiro atoms. The fourth-order valence-electron chi connectivity index (χ4n) is 5.68. The van der Waals surface area contributed by atoms with Crippen LogP contribution in [0.4, 0.5) is 11.6 Å². The summed E-state index contributed by atoms with van der Waals surface area (Å²) in [5, 5.41) is 3.58. The van der Waals surface area contributed by atoms with Crippen LogP contribution in [0.3, 0.4) is 0 Å². The van der Waals surface area contributed by atoms with Gasteiger partial charge in [-0.15, -0.1) is 0 Å². The molecular formula is C29H39N3O3. The van der Waals surface area contributed by atoms with Crippen LogP contribution in [0.5, 0.6) is 5.75 Å². The van der Waals surface area contributed by atoms with Gasteiger partial charge >= 0.3 is 5.97 Å². The van der Waals surface area contributed by atoms with E-state index >= 15 is 0 Å². The molecule has 1 aliphatic carbocycles. The maximum atomic E-state index is 12.0. The number of aryl methyl sites for hydroxylation is 1. The summed E-state index contributed by atoms with van der Waals surface area (Å²) in [6, 6.07) is 12.6. The lowest BCUT2D eigenvalue weighted by Crippen LogP contribution is -2.29. The molecule has 0 aliphatic heterocycles. The van der Waals surface area contributed by atoms with Gasteiger partial charge < -0.3 is 19.4 Å². The van der Waals surface area contributed by atoms with E-state index < -0.39 is 0 Å². The van der Waals surface area contributed by atoms with E-state index in [-0.39, 0.29) is 23.9 Å². The van der Waals surface area contributed by atoms with Gasteiger partial charge in [0.05, 0.1) is 30.7 Å². The van der Waals surface area contributed by atoms with Crippen molar-refractivity contribution in [3.8, 4) is 5.75 Å². The number of esters is 1. The first-order valence-corrected chi connectivity index (χ1v) is 12.7. The third-order valence-electron chi connectivity index (χ3n) is 6.92. The number of nitrogens with one attached hydrogen (secondary N) is 1. The summed E-state index contributed by atoms with van der Waals surface area (Å²) in [7, 11) is 1.43. The van der Waals surface area contributed by atoms with Gasteiger partial charge in [-0.05, 0) is 98.9 Å². The fourth-order valence-corrected chi connectivity index (χ4v) is 5.68. The molecule has 3 aromatic rings. The molecule has 0 unspecified atom stereocenters. The van der Waals surface area contributed by atoms with Crippen molar-refractivity contribution in [2.24, 2.45) is 11.3 Å². The van der Waals surface area contributed by atoms with Crippen molar-refractivity contribution < 1.29 is 14.3 Å². The minimum Gasteiger partial charge on any atom is -0.491 e. The van der Waals surface area contributed by atoms with Gasteiger partial charge in [-0.25, -0.2) is 4.98 Å². The predicted molar refractivity (Wildman–Crippen MR) is 142 cm³/mol. The Hall–Kier alpha value is -3.02. The monoisotopic (exact) mass is 477 g/mol. The molecule has 35 heavy (non-hydrogen) atoms. The highest BCUT2D eigenvalue weighted by atomic mass is 16.5. The second kappa shape index (κ2) is 9.92. The number of rotatable bonds is 7. The zero-order valence-electron chi connectivity index (χ0n) is 22.1.